The summed E-state index contributed by atoms with van der Waals surface area (Å²) in [6.07, 6.45) is 1.89. The summed E-state index contributed by atoms with van der Waals surface area (Å²) >= 11 is 0. The molecule has 0 atom stereocenters. The van der Waals surface area contributed by atoms with Gasteiger partial charge >= 0.3 is 0 Å². The first-order valence-corrected chi connectivity index (χ1v) is 17.0. The molecular weight excluding hydrogens is 468 g/mol. The minimum Gasteiger partial charge on any atom is -0.256 e. The predicted octanol–water partition coefficient (Wildman–Crippen LogP) is 6.08. The molecule has 4 nitrogen and oxygen atoms in total. The van der Waals surface area contributed by atoms with Crippen LogP contribution < -0.4 is 5.19 Å². The van der Waals surface area contributed by atoms with Crippen LogP contribution in [0, 0.1) is 20.8 Å². The van der Waals surface area contributed by atoms with Crippen LogP contribution in [0.25, 0.3) is 22.0 Å². The van der Waals surface area contributed by atoms with Gasteiger partial charge in [-0.25, -0.2) is 8.42 Å². The predicted molar refractivity (Wildman–Crippen MR) is 147 cm³/mol. The van der Waals surface area contributed by atoms with E-state index in [0.29, 0.717) is 18.0 Å². The van der Waals surface area contributed by atoms with Crippen LogP contribution in [0.4, 0.5) is 0 Å². The van der Waals surface area contributed by atoms with Gasteiger partial charge in [-0.05, 0) is 71.8 Å². The van der Waals surface area contributed by atoms with Gasteiger partial charge in [0.2, 0.25) is 10.0 Å². The highest BCUT2D eigenvalue weighted by Crippen LogP contribution is 2.39. The van der Waals surface area contributed by atoms with E-state index in [9.17, 15) is 8.42 Å². The van der Waals surface area contributed by atoms with Gasteiger partial charge in [0.05, 0.1) is 18.7 Å². The number of nitrogens with zero attached hydrogens (tertiary/aromatic N) is 2. The Hall–Kier alpha value is -2.80. The molecule has 0 saturated carbocycles. The van der Waals surface area contributed by atoms with E-state index < -0.39 is 18.1 Å². The van der Waals surface area contributed by atoms with Crippen LogP contribution in [0.5, 0.6) is 0 Å². The van der Waals surface area contributed by atoms with E-state index in [1.54, 1.807) is 16.4 Å². The van der Waals surface area contributed by atoms with Crippen molar-refractivity contribution in [2.75, 3.05) is 0 Å². The molecule has 1 aromatic heterocycles. The number of hydrogen-bond acceptors (Lipinski definition) is 3. The molecule has 5 rings (SSSR count). The van der Waals surface area contributed by atoms with Crippen LogP contribution >= 0.6 is 0 Å². The summed E-state index contributed by atoms with van der Waals surface area (Å²) in [7, 11) is -5.40. The van der Waals surface area contributed by atoms with Crippen LogP contribution in [-0.4, -0.2) is 25.8 Å². The Morgan fingerprint density at radius 3 is 2.11 bits per heavy atom. The van der Waals surface area contributed by atoms with Crippen molar-refractivity contribution in [2.24, 2.45) is 0 Å². The molecule has 0 radical (unpaired) electrons. The second kappa shape index (κ2) is 8.40. The first-order valence-electron chi connectivity index (χ1n) is 12.1. The van der Waals surface area contributed by atoms with Crippen molar-refractivity contribution in [3.8, 4) is 11.3 Å². The molecule has 4 aromatic rings. The lowest BCUT2D eigenvalue weighted by Crippen LogP contribution is -2.42. The molecular formula is C29H32N2O2SSi. The zero-order valence-corrected chi connectivity index (χ0v) is 23.1. The summed E-state index contributed by atoms with van der Waals surface area (Å²) in [6, 6.07) is 17.6. The Kier molecular flexibility index (Phi) is 5.74. The molecule has 0 spiro atoms. The van der Waals surface area contributed by atoms with Crippen molar-refractivity contribution in [2.45, 2.75) is 58.4 Å². The molecule has 1 aliphatic rings. The van der Waals surface area contributed by atoms with Crippen molar-refractivity contribution in [3.63, 3.8) is 0 Å². The Bertz CT molecular complexity index is 1560. The van der Waals surface area contributed by atoms with Crippen molar-refractivity contribution in [1.82, 2.24) is 9.29 Å². The highest BCUT2D eigenvalue weighted by atomic mass is 32.2. The van der Waals surface area contributed by atoms with E-state index in [4.69, 9.17) is 4.98 Å². The minimum absolute atomic E-state index is 0.354. The standard InChI is InChI=1S/C29H32N2O2SSi/c1-19-11-13-23(14-12-19)34(32,33)31-17-25-20(2)27(29(35(4,5)6)21(3)26(25)18-31)28-24-10-8-7-9-22(24)15-16-30-28/h7-16H,17-18H2,1-6H3. The third kappa shape index (κ3) is 3.94. The fourth-order valence-electron chi connectivity index (χ4n) is 5.55. The topological polar surface area (TPSA) is 50.3 Å². The summed E-state index contributed by atoms with van der Waals surface area (Å²) in [5.41, 5.74) is 7.94. The summed E-state index contributed by atoms with van der Waals surface area (Å²) in [5, 5.41) is 3.69. The van der Waals surface area contributed by atoms with Crippen LogP contribution in [0.15, 0.2) is 65.7 Å². The number of aryl methyl sites for hydroxylation is 1. The van der Waals surface area contributed by atoms with Gasteiger partial charge in [-0.3, -0.25) is 4.98 Å². The Balaban J connectivity index is 1.73. The van der Waals surface area contributed by atoms with Crippen molar-refractivity contribution in [1.29, 1.82) is 0 Å². The summed E-state index contributed by atoms with van der Waals surface area (Å²) in [6.45, 7) is 14.2. The van der Waals surface area contributed by atoms with E-state index in [1.165, 1.54) is 27.3 Å². The number of benzene rings is 3. The summed E-state index contributed by atoms with van der Waals surface area (Å²) < 4.78 is 28.8. The molecule has 1 aliphatic heterocycles. The van der Waals surface area contributed by atoms with Crippen molar-refractivity contribution in [3.05, 3.63) is 88.6 Å². The maximum absolute atomic E-state index is 13.6. The summed E-state index contributed by atoms with van der Waals surface area (Å²) in [4.78, 5) is 5.25. The number of fused-ring (bicyclic) bond motifs is 2. The lowest BCUT2D eigenvalue weighted by molar-refractivity contribution is 0.431. The quantitative estimate of drug-likeness (QED) is 0.319. The maximum Gasteiger partial charge on any atom is 0.243 e. The lowest BCUT2D eigenvalue weighted by Gasteiger charge is -2.28. The molecule has 3 aromatic carbocycles. The molecule has 0 unspecified atom stereocenters. The Labute approximate surface area is 209 Å². The van der Waals surface area contributed by atoms with Gasteiger partial charge in [0.25, 0.3) is 0 Å². The molecule has 0 aliphatic carbocycles. The molecule has 35 heavy (non-hydrogen) atoms. The molecule has 0 amide bonds. The monoisotopic (exact) mass is 500 g/mol. The number of rotatable bonds is 4. The van der Waals surface area contributed by atoms with Gasteiger partial charge in [0.15, 0.2) is 0 Å². The molecule has 180 valence electrons. The van der Waals surface area contributed by atoms with Gasteiger partial charge in [-0.15, -0.1) is 0 Å². The highest BCUT2D eigenvalue weighted by Gasteiger charge is 2.37. The number of sulfonamides is 1. The van der Waals surface area contributed by atoms with Gasteiger partial charge in [-0.2, -0.15) is 4.31 Å². The van der Waals surface area contributed by atoms with E-state index >= 15 is 0 Å². The van der Waals surface area contributed by atoms with E-state index in [1.807, 2.05) is 25.3 Å². The van der Waals surface area contributed by atoms with E-state index in [2.05, 4.69) is 63.8 Å². The molecule has 0 fully saturated rings. The Morgan fingerprint density at radius 2 is 1.46 bits per heavy atom. The van der Waals surface area contributed by atoms with E-state index in [0.717, 1.165) is 27.8 Å². The normalized spacial score (nSPS) is 14.5. The zero-order valence-electron chi connectivity index (χ0n) is 21.3. The maximum atomic E-state index is 13.6. The average Bonchev–Trinajstić information content (AvgIpc) is 3.28. The fraction of sp³-hybridized carbons (Fsp3) is 0.276. The van der Waals surface area contributed by atoms with Gasteiger partial charge in [0, 0.05) is 30.2 Å². The third-order valence-electron chi connectivity index (χ3n) is 7.26. The third-order valence-corrected chi connectivity index (χ3v) is 11.2. The number of pyridine rings is 1. The SMILES string of the molecule is Cc1ccc(S(=O)(=O)N2Cc3c(C)c(-c4nccc5ccccc45)c([Si](C)(C)C)c(C)c3C2)cc1. The fourth-order valence-corrected chi connectivity index (χ4v) is 9.26. The second-order valence-corrected chi connectivity index (χ2v) is 17.6. The lowest BCUT2D eigenvalue weighted by atomic mass is 9.91. The number of aromatic nitrogens is 1. The Morgan fingerprint density at radius 1 is 0.829 bits per heavy atom. The van der Waals surface area contributed by atoms with Crippen molar-refractivity contribution >= 4 is 34.1 Å². The highest BCUT2D eigenvalue weighted by molar-refractivity contribution is 7.89. The van der Waals surface area contributed by atoms with Gasteiger partial charge in [-0.1, -0.05) is 61.6 Å². The molecule has 0 saturated heterocycles. The van der Waals surface area contributed by atoms with Crippen LogP contribution in [0.2, 0.25) is 19.6 Å². The molecule has 0 N–H and O–H groups in total. The average molecular weight is 501 g/mol. The molecule has 6 heteroatoms. The first kappa shape index (κ1) is 23.9. The van der Waals surface area contributed by atoms with E-state index in [-0.39, 0.29) is 0 Å². The van der Waals surface area contributed by atoms with Crippen molar-refractivity contribution < 1.29 is 8.42 Å². The van der Waals surface area contributed by atoms with Gasteiger partial charge in [0.1, 0.15) is 0 Å². The first-order chi connectivity index (χ1) is 16.5. The molecule has 0 bridgehead atoms. The van der Waals surface area contributed by atoms with Crippen LogP contribution in [0.3, 0.4) is 0 Å². The smallest absolute Gasteiger partial charge is 0.243 e. The molecule has 2 heterocycles. The second-order valence-electron chi connectivity index (χ2n) is 10.7. The summed E-state index contributed by atoms with van der Waals surface area (Å²) in [5.74, 6) is 0. The largest absolute Gasteiger partial charge is 0.256 e. The number of hydrogen-bond donors (Lipinski definition) is 0. The zero-order chi connectivity index (χ0) is 25.1. The van der Waals surface area contributed by atoms with Gasteiger partial charge < -0.3 is 0 Å². The minimum atomic E-state index is -3.59. The van der Waals surface area contributed by atoms with Crippen LogP contribution in [-0.2, 0) is 23.1 Å². The van der Waals surface area contributed by atoms with Crippen LogP contribution in [0.1, 0.15) is 27.8 Å².